The van der Waals surface area contributed by atoms with Crippen LogP contribution in [0.3, 0.4) is 0 Å². The lowest BCUT2D eigenvalue weighted by Crippen LogP contribution is -2.69. The predicted molar refractivity (Wildman–Crippen MR) is 329 cm³/mol. The van der Waals surface area contributed by atoms with E-state index in [0.717, 1.165) is 18.5 Å². The Bertz CT molecular complexity index is 3600. The normalized spacial score (nSPS) is 20.1. The van der Waals surface area contributed by atoms with Gasteiger partial charge in [-0.05, 0) is 162 Å². The van der Waals surface area contributed by atoms with Crippen molar-refractivity contribution in [3.8, 4) is 22.3 Å². The van der Waals surface area contributed by atoms with Gasteiger partial charge in [0.05, 0.1) is 5.54 Å². The van der Waals surface area contributed by atoms with Crippen molar-refractivity contribution in [1.29, 1.82) is 0 Å². The summed E-state index contributed by atoms with van der Waals surface area (Å²) in [5.41, 5.74) is 23.4. The second-order valence-corrected chi connectivity index (χ2v) is 27.7. The van der Waals surface area contributed by atoms with Crippen LogP contribution < -0.4 is 31.1 Å². The minimum Gasteiger partial charge on any atom is -0.334 e. The first kappa shape index (κ1) is 50.1. The Morgan fingerprint density at radius 1 is 0.368 bits per heavy atom. The molecule has 76 heavy (non-hydrogen) atoms. The van der Waals surface area contributed by atoms with Crippen LogP contribution in [0.1, 0.15) is 139 Å². The number of fused-ring (bicyclic) bond motifs is 7. The number of anilines is 8. The van der Waals surface area contributed by atoms with Crippen molar-refractivity contribution in [1.82, 2.24) is 0 Å². The van der Waals surface area contributed by atoms with Gasteiger partial charge in [0, 0.05) is 50.9 Å². The van der Waals surface area contributed by atoms with Gasteiger partial charge in [-0.1, -0.05) is 218 Å². The Kier molecular flexibility index (Phi) is 11.1. The van der Waals surface area contributed by atoms with Crippen LogP contribution in [0.4, 0.5) is 45.5 Å². The topological polar surface area (TPSA) is 9.72 Å². The SMILES string of the molecule is CC(C)(C)c1cccc(N2c3cc(C(C)(C)C)ccc3B3c4ccc(-c5ccccc5)cc4N(c4cccc(-c5ccccc5)c4)c4cc(N5c6ccc(C(C)(C)C)cc6C6(C)C(C)(C)CCC(C)(C)C56C)cc2c43)c1. The molecule has 0 radical (unpaired) electrons. The van der Waals surface area contributed by atoms with E-state index in [1.54, 1.807) is 0 Å². The molecular formula is C72H78BN3. The molecule has 0 saturated heterocycles. The van der Waals surface area contributed by atoms with Gasteiger partial charge in [-0.2, -0.15) is 0 Å². The van der Waals surface area contributed by atoms with Gasteiger partial charge in [-0.25, -0.2) is 0 Å². The van der Waals surface area contributed by atoms with E-state index in [1.165, 1.54) is 101 Å². The third-order valence-electron chi connectivity index (χ3n) is 19.6. The highest BCUT2D eigenvalue weighted by Gasteiger charge is 2.70. The lowest BCUT2D eigenvalue weighted by atomic mass is 9.33. The van der Waals surface area contributed by atoms with Crippen LogP contribution in [0.5, 0.6) is 0 Å². The molecule has 8 aromatic rings. The second kappa shape index (κ2) is 16.9. The fourth-order valence-electron chi connectivity index (χ4n) is 14.3. The van der Waals surface area contributed by atoms with E-state index in [2.05, 4.69) is 294 Å². The fraction of sp³-hybridized carbons (Fsp3) is 0.333. The Balaban J connectivity index is 1.24. The van der Waals surface area contributed by atoms with Gasteiger partial charge in [0.2, 0.25) is 0 Å². The minimum atomic E-state index is -0.324. The molecule has 8 aromatic carbocycles. The molecule has 3 aliphatic heterocycles. The van der Waals surface area contributed by atoms with E-state index in [1.807, 2.05) is 0 Å². The lowest BCUT2D eigenvalue weighted by molar-refractivity contribution is -0.0415. The van der Waals surface area contributed by atoms with Gasteiger partial charge >= 0.3 is 0 Å². The molecule has 0 N–H and O–H groups in total. The molecule has 2 unspecified atom stereocenters. The summed E-state index contributed by atoms with van der Waals surface area (Å²) in [6.45, 7) is 36.7. The number of benzene rings is 8. The monoisotopic (exact) mass is 996 g/mol. The van der Waals surface area contributed by atoms with Gasteiger partial charge < -0.3 is 14.7 Å². The largest absolute Gasteiger partial charge is 0.334 e. The highest BCUT2D eigenvalue weighted by Crippen LogP contribution is 2.72. The summed E-state index contributed by atoms with van der Waals surface area (Å²) >= 11 is 0. The summed E-state index contributed by atoms with van der Waals surface area (Å²) in [5.74, 6) is 0. The summed E-state index contributed by atoms with van der Waals surface area (Å²) in [6.07, 6.45) is 2.29. The highest BCUT2D eigenvalue weighted by atomic mass is 15.3. The zero-order chi connectivity index (χ0) is 53.7. The van der Waals surface area contributed by atoms with Crippen LogP contribution in [0, 0.1) is 10.8 Å². The number of hydrogen-bond acceptors (Lipinski definition) is 3. The second-order valence-electron chi connectivity index (χ2n) is 27.7. The van der Waals surface area contributed by atoms with Crippen molar-refractivity contribution < 1.29 is 0 Å². The molecule has 1 saturated carbocycles. The van der Waals surface area contributed by atoms with Crippen LogP contribution >= 0.6 is 0 Å². The predicted octanol–water partition coefficient (Wildman–Crippen LogP) is 18.0. The lowest BCUT2D eigenvalue weighted by Gasteiger charge is -2.65. The Morgan fingerprint density at radius 2 is 0.842 bits per heavy atom. The standard InChI is InChI=1S/C72H78BN3/c1-66(2,3)51-29-23-31-55(42-51)75-62-44-53(68(7,8)9)33-36-59(62)73-58-35-32-50(48-26-20-17-21-27-48)41-61(58)74(54-30-22-28-49(40-54)47-24-18-16-19-25-47)63-45-56(46-64(75)65(63)73)76-60-37-34-52(67(4,5)6)43-57(60)71(14)69(10,11)38-39-70(12,13)72(71,76)15/h16-37,40-46H,38-39H2,1-15H3. The quantitative estimate of drug-likeness (QED) is 0.159. The summed E-state index contributed by atoms with van der Waals surface area (Å²) in [5, 5.41) is 0. The molecule has 3 heterocycles. The van der Waals surface area contributed by atoms with Crippen LogP contribution in [0.2, 0.25) is 0 Å². The van der Waals surface area contributed by atoms with Crippen LogP contribution in [-0.4, -0.2) is 12.3 Å². The van der Waals surface area contributed by atoms with E-state index in [0.29, 0.717) is 0 Å². The average Bonchev–Trinajstić information content (AvgIpc) is 3.87. The molecular weight excluding hydrogens is 918 g/mol. The Hall–Kier alpha value is -6.78. The molecule has 0 aromatic heterocycles. The van der Waals surface area contributed by atoms with E-state index in [-0.39, 0.29) is 44.7 Å². The zero-order valence-corrected chi connectivity index (χ0v) is 48.1. The molecule has 0 bridgehead atoms. The van der Waals surface area contributed by atoms with Crippen molar-refractivity contribution >= 4 is 68.6 Å². The molecule has 0 spiro atoms. The summed E-state index contributed by atoms with van der Waals surface area (Å²) in [6, 6.07) is 68.1. The van der Waals surface area contributed by atoms with Crippen LogP contribution in [-0.2, 0) is 21.7 Å². The fourth-order valence-corrected chi connectivity index (χ4v) is 14.3. The summed E-state index contributed by atoms with van der Waals surface area (Å²) in [4.78, 5) is 8.17. The summed E-state index contributed by atoms with van der Waals surface area (Å²) in [7, 11) is 0. The maximum atomic E-state index is 2.86. The average molecular weight is 996 g/mol. The van der Waals surface area contributed by atoms with E-state index < -0.39 is 0 Å². The molecule has 12 rings (SSSR count). The number of rotatable bonds is 5. The first-order chi connectivity index (χ1) is 35.8. The highest BCUT2D eigenvalue weighted by molar-refractivity contribution is 7.00. The first-order valence-corrected chi connectivity index (χ1v) is 28.2. The van der Waals surface area contributed by atoms with Crippen LogP contribution in [0.25, 0.3) is 22.3 Å². The molecule has 384 valence electrons. The maximum absolute atomic E-state index is 2.86. The van der Waals surface area contributed by atoms with Crippen molar-refractivity contribution in [3.05, 3.63) is 198 Å². The third kappa shape index (κ3) is 7.35. The summed E-state index contributed by atoms with van der Waals surface area (Å²) < 4.78 is 0. The van der Waals surface area contributed by atoms with E-state index in [4.69, 9.17) is 0 Å². The smallest absolute Gasteiger partial charge is 0.252 e. The molecule has 3 nitrogen and oxygen atoms in total. The van der Waals surface area contributed by atoms with Crippen LogP contribution in [0.15, 0.2) is 176 Å². The third-order valence-corrected chi connectivity index (χ3v) is 19.6. The molecule has 1 fully saturated rings. The number of nitrogens with zero attached hydrogens (tertiary/aromatic N) is 3. The van der Waals surface area contributed by atoms with Crippen molar-refractivity contribution in [3.63, 3.8) is 0 Å². The molecule has 0 amide bonds. The van der Waals surface area contributed by atoms with Gasteiger partial charge in [-0.15, -0.1) is 0 Å². The Morgan fingerprint density at radius 3 is 1.43 bits per heavy atom. The zero-order valence-electron chi connectivity index (χ0n) is 48.1. The molecule has 4 aliphatic rings. The van der Waals surface area contributed by atoms with Crippen molar-refractivity contribution in [2.45, 2.75) is 144 Å². The Labute approximate surface area is 456 Å². The van der Waals surface area contributed by atoms with E-state index >= 15 is 0 Å². The van der Waals surface area contributed by atoms with Crippen molar-refractivity contribution in [2.75, 3.05) is 14.7 Å². The van der Waals surface area contributed by atoms with Gasteiger partial charge in [0.1, 0.15) is 0 Å². The van der Waals surface area contributed by atoms with Crippen molar-refractivity contribution in [2.24, 2.45) is 10.8 Å². The minimum absolute atomic E-state index is 0.00324. The maximum Gasteiger partial charge on any atom is 0.252 e. The first-order valence-electron chi connectivity index (χ1n) is 28.2. The number of hydrogen-bond donors (Lipinski definition) is 0. The van der Waals surface area contributed by atoms with Gasteiger partial charge in [0.15, 0.2) is 0 Å². The van der Waals surface area contributed by atoms with Gasteiger partial charge in [-0.3, -0.25) is 0 Å². The molecule has 4 heteroatoms. The van der Waals surface area contributed by atoms with E-state index in [9.17, 15) is 0 Å². The van der Waals surface area contributed by atoms with Gasteiger partial charge in [0.25, 0.3) is 6.71 Å². The molecule has 2 atom stereocenters. The molecule has 1 aliphatic carbocycles.